The molecule has 1 nitrogen and oxygen atoms in total. The second-order valence-corrected chi connectivity index (χ2v) is 2.16. The molecule has 1 heterocycles. The van der Waals surface area contributed by atoms with E-state index in [0.717, 1.165) is 0 Å². The third-order valence-electron chi connectivity index (χ3n) is 1.47. The highest BCUT2D eigenvalue weighted by Crippen LogP contribution is 2.04. The van der Waals surface area contributed by atoms with Crippen LogP contribution in [0, 0.1) is 6.08 Å². The first-order valence-corrected chi connectivity index (χ1v) is 3.17. The summed E-state index contributed by atoms with van der Waals surface area (Å²) in [5.41, 5.74) is 0. The van der Waals surface area contributed by atoms with E-state index in [1.54, 1.807) is 0 Å². The Balaban J connectivity index is 2.24. The Kier molecular flexibility index (Phi) is 2.10. The fourth-order valence-electron chi connectivity index (χ4n) is 1.05. The van der Waals surface area contributed by atoms with Gasteiger partial charge in [-0.1, -0.05) is 12.2 Å². The molecule has 0 amide bonds. The fraction of sp³-hybridized carbons (Fsp3) is 0.714. The van der Waals surface area contributed by atoms with E-state index in [4.69, 9.17) is 0 Å². The average Bonchev–Trinajstić information content (AvgIpc) is 2.19. The number of hydrogen-bond donors (Lipinski definition) is 1. The molecule has 0 aromatic rings. The maximum Gasteiger partial charge on any atom is 0.0256 e. The summed E-state index contributed by atoms with van der Waals surface area (Å²) >= 11 is 0. The Morgan fingerprint density at radius 1 is 1.75 bits per heavy atom. The molecule has 0 aromatic carbocycles. The molecule has 0 spiro atoms. The van der Waals surface area contributed by atoms with E-state index in [1.807, 2.05) is 6.92 Å². The van der Waals surface area contributed by atoms with Crippen molar-refractivity contribution in [1.29, 1.82) is 0 Å². The first-order chi connectivity index (χ1) is 3.93. The van der Waals surface area contributed by atoms with Crippen LogP contribution in [-0.4, -0.2) is 12.6 Å². The summed E-state index contributed by atoms with van der Waals surface area (Å²) in [6.45, 7) is 3.13. The fourth-order valence-corrected chi connectivity index (χ4v) is 1.05. The standard InChI is InChI=1S/C7H12N/c1-2-4-7-5-3-6-8-7/h4,7-8H,3,5-6H2,1H3. The molecule has 1 heteroatoms. The Morgan fingerprint density at radius 3 is 3.12 bits per heavy atom. The van der Waals surface area contributed by atoms with Gasteiger partial charge < -0.3 is 5.32 Å². The molecule has 0 aromatic heterocycles. The molecular formula is C7H12N. The van der Waals surface area contributed by atoms with Crippen LogP contribution in [0.1, 0.15) is 19.8 Å². The van der Waals surface area contributed by atoms with Crippen molar-refractivity contribution in [3.05, 3.63) is 12.2 Å². The third-order valence-corrected chi connectivity index (χ3v) is 1.47. The molecule has 1 N–H and O–H groups in total. The maximum absolute atomic E-state index is 3.34. The Morgan fingerprint density at radius 2 is 2.62 bits per heavy atom. The van der Waals surface area contributed by atoms with Gasteiger partial charge in [-0.3, -0.25) is 0 Å². The largest absolute Gasteiger partial charge is 0.310 e. The monoisotopic (exact) mass is 110 g/mol. The lowest BCUT2D eigenvalue weighted by atomic mass is 10.2. The van der Waals surface area contributed by atoms with Crippen LogP contribution in [0.4, 0.5) is 0 Å². The van der Waals surface area contributed by atoms with Crippen molar-refractivity contribution in [2.45, 2.75) is 25.8 Å². The summed E-state index contributed by atoms with van der Waals surface area (Å²) in [6.07, 6.45) is 7.74. The molecule has 1 saturated heterocycles. The molecule has 1 fully saturated rings. The topological polar surface area (TPSA) is 12.0 Å². The van der Waals surface area contributed by atoms with Gasteiger partial charge in [0.25, 0.3) is 0 Å². The van der Waals surface area contributed by atoms with Gasteiger partial charge in [-0.2, -0.15) is 0 Å². The van der Waals surface area contributed by atoms with Crippen molar-refractivity contribution in [3.63, 3.8) is 0 Å². The summed E-state index contributed by atoms with van der Waals surface area (Å²) < 4.78 is 0. The van der Waals surface area contributed by atoms with Crippen LogP contribution in [0.2, 0.25) is 0 Å². The summed E-state index contributed by atoms with van der Waals surface area (Å²) in [5, 5.41) is 3.34. The smallest absolute Gasteiger partial charge is 0.0256 e. The van der Waals surface area contributed by atoms with Crippen LogP contribution < -0.4 is 5.32 Å². The van der Waals surface area contributed by atoms with Gasteiger partial charge in [0.15, 0.2) is 0 Å². The molecule has 1 aliphatic heterocycles. The predicted octanol–water partition coefficient (Wildman–Crippen LogP) is 1.12. The van der Waals surface area contributed by atoms with Crippen molar-refractivity contribution in [3.8, 4) is 0 Å². The molecule has 8 heavy (non-hydrogen) atoms. The van der Waals surface area contributed by atoms with Crippen molar-refractivity contribution >= 4 is 0 Å². The number of rotatable bonds is 1. The van der Waals surface area contributed by atoms with Gasteiger partial charge >= 0.3 is 0 Å². The van der Waals surface area contributed by atoms with E-state index >= 15 is 0 Å². The van der Waals surface area contributed by atoms with Gasteiger partial charge in [0, 0.05) is 6.04 Å². The number of allylic oxidation sites excluding steroid dienone is 1. The normalized spacial score (nSPS) is 29.9. The highest BCUT2D eigenvalue weighted by molar-refractivity contribution is 4.90. The second-order valence-electron chi connectivity index (χ2n) is 2.16. The summed E-state index contributed by atoms with van der Waals surface area (Å²) in [4.78, 5) is 0. The van der Waals surface area contributed by atoms with Crippen LogP contribution in [0.3, 0.4) is 0 Å². The first kappa shape index (κ1) is 5.83. The van der Waals surface area contributed by atoms with Gasteiger partial charge in [-0.25, -0.2) is 0 Å². The molecule has 45 valence electrons. The average molecular weight is 110 g/mol. The Bertz CT molecular complexity index is 80.4. The summed E-state index contributed by atoms with van der Waals surface area (Å²) in [6, 6.07) is 0.625. The lowest BCUT2D eigenvalue weighted by Gasteiger charge is -1.99. The van der Waals surface area contributed by atoms with E-state index in [-0.39, 0.29) is 0 Å². The molecule has 0 saturated carbocycles. The Labute approximate surface area is 50.8 Å². The van der Waals surface area contributed by atoms with E-state index in [1.165, 1.54) is 19.4 Å². The van der Waals surface area contributed by atoms with Gasteiger partial charge in [0.05, 0.1) is 0 Å². The lowest BCUT2D eigenvalue weighted by Crippen LogP contribution is -2.17. The zero-order valence-electron chi connectivity index (χ0n) is 5.28. The molecule has 1 radical (unpaired) electrons. The van der Waals surface area contributed by atoms with Crippen LogP contribution >= 0.6 is 0 Å². The van der Waals surface area contributed by atoms with Gasteiger partial charge in [-0.05, 0) is 26.3 Å². The lowest BCUT2D eigenvalue weighted by molar-refractivity contribution is 0.725. The highest BCUT2D eigenvalue weighted by Gasteiger charge is 2.08. The number of nitrogens with one attached hydrogen (secondary N) is 1. The van der Waals surface area contributed by atoms with Crippen LogP contribution in [0.15, 0.2) is 6.08 Å². The van der Waals surface area contributed by atoms with E-state index < -0.39 is 0 Å². The minimum Gasteiger partial charge on any atom is -0.310 e. The van der Waals surface area contributed by atoms with Crippen molar-refractivity contribution in [2.75, 3.05) is 6.54 Å². The zero-order valence-corrected chi connectivity index (χ0v) is 5.28. The molecule has 1 rings (SSSR count). The molecule has 1 unspecified atom stereocenters. The van der Waals surface area contributed by atoms with Crippen LogP contribution in [-0.2, 0) is 0 Å². The summed E-state index contributed by atoms with van der Waals surface area (Å²) in [5.74, 6) is 0. The molecule has 0 bridgehead atoms. The van der Waals surface area contributed by atoms with Gasteiger partial charge in [0.1, 0.15) is 0 Å². The Hall–Kier alpha value is -0.300. The van der Waals surface area contributed by atoms with Crippen LogP contribution in [0.5, 0.6) is 0 Å². The molecule has 1 atom stereocenters. The zero-order chi connectivity index (χ0) is 5.82. The molecule has 0 aliphatic carbocycles. The van der Waals surface area contributed by atoms with E-state index in [2.05, 4.69) is 17.5 Å². The van der Waals surface area contributed by atoms with Gasteiger partial charge in [0.2, 0.25) is 0 Å². The van der Waals surface area contributed by atoms with Gasteiger partial charge in [-0.15, -0.1) is 0 Å². The minimum atomic E-state index is 0.625. The minimum absolute atomic E-state index is 0.625. The maximum atomic E-state index is 3.34. The van der Waals surface area contributed by atoms with E-state index in [9.17, 15) is 0 Å². The second kappa shape index (κ2) is 2.88. The number of hydrogen-bond acceptors (Lipinski definition) is 1. The molecule has 1 aliphatic rings. The SMILES string of the molecule is C/[C]=C\C1CCCN1. The van der Waals surface area contributed by atoms with Crippen molar-refractivity contribution < 1.29 is 0 Å². The highest BCUT2D eigenvalue weighted by atomic mass is 14.9. The molecular weight excluding hydrogens is 98.1 g/mol. The van der Waals surface area contributed by atoms with Crippen LogP contribution in [0.25, 0.3) is 0 Å². The van der Waals surface area contributed by atoms with Crippen molar-refractivity contribution in [2.24, 2.45) is 0 Å². The quantitative estimate of drug-likeness (QED) is 0.533. The predicted molar refractivity (Wildman–Crippen MR) is 34.5 cm³/mol. The third kappa shape index (κ3) is 1.34. The van der Waals surface area contributed by atoms with E-state index in [0.29, 0.717) is 6.04 Å². The van der Waals surface area contributed by atoms with Crippen molar-refractivity contribution in [1.82, 2.24) is 5.32 Å². The first-order valence-electron chi connectivity index (χ1n) is 3.17. The summed E-state index contributed by atoms with van der Waals surface area (Å²) in [7, 11) is 0.